The highest BCUT2D eigenvalue weighted by Gasteiger charge is 2.20. The van der Waals surface area contributed by atoms with Crippen molar-refractivity contribution in [2.24, 2.45) is 20.5 Å². The minimum atomic E-state index is -5.13. The third kappa shape index (κ3) is 6.94. The van der Waals surface area contributed by atoms with Gasteiger partial charge in [0, 0.05) is 33.5 Å². The number of phenolic OH excluding ortho intramolecular Hbond substituents is 2. The van der Waals surface area contributed by atoms with Gasteiger partial charge in [0.25, 0.3) is 0 Å². The van der Waals surface area contributed by atoms with Crippen molar-refractivity contribution in [1.29, 1.82) is 0 Å². The monoisotopic (exact) mass is 697 g/mol. The number of aromatic hydroxyl groups is 2. The van der Waals surface area contributed by atoms with E-state index in [9.17, 15) is 36.2 Å². The molecular formula is C32H23N7O8S2-2. The van der Waals surface area contributed by atoms with Gasteiger partial charge < -0.3 is 36.1 Å². The molecule has 0 spiro atoms. The summed E-state index contributed by atoms with van der Waals surface area (Å²) < 4.78 is 73.1. The molecule has 248 valence electrons. The highest BCUT2D eigenvalue weighted by atomic mass is 32.2. The Morgan fingerprint density at radius 1 is 0.551 bits per heavy atom. The second-order valence-corrected chi connectivity index (χ2v) is 13.3. The molecule has 17 heteroatoms. The summed E-state index contributed by atoms with van der Waals surface area (Å²) in [5.74, 6) is -1.19. The lowest BCUT2D eigenvalue weighted by Crippen LogP contribution is -2.00. The van der Waals surface area contributed by atoms with Crippen LogP contribution in [0.5, 0.6) is 11.5 Å². The number of phenols is 2. The van der Waals surface area contributed by atoms with Crippen LogP contribution in [0.3, 0.4) is 0 Å². The Morgan fingerprint density at radius 3 is 1.33 bits per heavy atom. The number of anilines is 4. The van der Waals surface area contributed by atoms with Crippen LogP contribution in [-0.2, 0) is 20.2 Å². The molecular weight excluding hydrogens is 675 g/mol. The van der Waals surface area contributed by atoms with Gasteiger partial charge in [0.1, 0.15) is 31.6 Å². The van der Waals surface area contributed by atoms with Gasteiger partial charge in [-0.1, -0.05) is 12.1 Å². The number of nitrogen functional groups attached to an aromatic ring is 2. The Bertz CT molecular complexity index is 2420. The SMILES string of the molecule is Nc1cccc(N=Nc2c(S(=O)(=O)[O-])cc3cc(Nc4ccc5c(O)c(N=Nc6cccc(N)c6)c(S(=O)(=O)[O-])cc5c4)ccc3c2O)c1. The van der Waals surface area contributed by atoms with E-state index in [1.165, 1.54) is 36.4 Å². The predicted octanol–water partition coefficient (Wildman–Crippen LogP) is 6.95. The van der Waals surface area contributed by atoms with E-state index in [2.05, 4.69) is 25.8 Å². The number of nitrogens with zero attached hydrogens (tertiary/aromatic N) is 4. The second-order valence-electron chi connectivity index (χ2n) is 10.6. The van der Waals surface area contributed by atoms with Gasteiger partial charge in [0.2, 0.25) is 0 Å². The quantitative estimate of drug-likeness (QED) is 0.0616. The first-order valence-electron chi connectivity index (χ1n) is 14.0. The van der Waals surface area contributed by atoms with Gasteiger partial charge in [-0.15, -0.1) is 10.2 Å². The zero-order valence-corrected chi connectivity index (χ0v) is 26.5. The molecule has 7 N–H and O–H groups in total. The molecule has 0 aliphatic heterocycles. The summed E-state index contributed by atoms with van der Waals surface area (Å²) in [5, 5.41) is 41.1. The number of hydrogen-bond donors (Lipinski definition) is 5. The van der Waals surface area contributed by atoms with Gasteiger partial charge in [-0.05, 0) is 95.7 Å². The largest absolute Gasteiger partial charge is 0.744 e. The highest BCUT2D eigenvalue weighted by Crippen LogP contribution is 2.44. The Balaban J connectivity index is 1.38. The predicted molar refractivity (Wildman–Crippen MR) is 180 cm³/mol. The Kier molecular flexibility index (Phi) is 8.34. The molecule has 0 fully saturated rings. The average molecular weight is 698 g/mol. The maximum Gasteiger partial charge on any atom is 0.152 e. The third-order valence-corrected chi connectivity index (χ3v) is 8.90. The van der Waals surface area contributed by atoms with Crippen molar-refractivity contribution in [3.63, 3.8) is 0 Å². The maximum absolute atomic E-state index is 12.2. The van der Waals surface area contributed by atoms with Crippen LogP contribution < -0.4 is 16.8 Å². The molecule has 0 aromatic heterocycles. The van der Waals surface area contributed by atoms with E-state index >= 15 is 0 Å². The van der Waals surface area contributed by atoms with E-state index in [1.54, 1.807) is 48.5 Å². The Morgan fingerprint density at radius 2 is 0.959 bits per heavy atom. The number of benzene rings is 6. The highest BCUT2D eigenvalue weighted by molar-refractivity contribution is 7.86. The van der Waals surface area contributed by atoms with Crippen molar-refractivity contribution in [2.45, 2.75) is 9.79 Å². The van der Waals surface area contributed by atoms with Gasteiger partial charge in [-0.25, -0.2) is 16.8 Å². The lowest BCUT2D eigenvalue weighted by Gasteiger charge is -2.16. The first-order valence-corrected chi connectivity index (χ1v) is 16.8. The fourth-order valence-electron chi connectivity index (χ4n) is 4.99. The standard InChI is InChI=1S/C32H25N7O8S2/c33-19-3-1-5-23(15-19)36-38-29-27(48(42,43)44)13-17-11-21(7-9-25(17)31(29)40)35-22-8-10-26-18(12-22)14-28(49(45,46)47)30(32(26)41)39-37-24-6-2-4-20(34)16-24/h1-16,35,40-41H,33-34H2,(H,42,43,44)(H,45,46,47)/p-2. The van der Waals surface area contributed by atoms with Gasteiger partial charge in [-0.2, -0.15) is 10.2 Å². The van der Waals surface area contributed by atoms with Crippen LogP contribution in [0.25, 0.3) is 21.5 Å². The molecule has 6 rings (SSSR count). The summed E-state index contributed by atoms with van der Waals surface area (Å²) in [6.07, 6.45) is 0. The lowest BCUT2D eigenvalue weighted by atomic mass is 10.1. The van der Waals surface area contributed by atoms with Gasteiger partial charge in [0.05, 0.1) is 21.2 Å². The number of fused-ring (bicyclic) bond motifs is 2. The van der Waals surface area contributed by atoms with Crippen molar-refractivity contribution in [1.82, 2.24) is 0 Å². The minimum Gasteiger partial charge on any atom is -0.744 e. The molecule has 0 radical (unpaired) electrons. The van der Waals surface area contributed by atoms with Crippen molar-refractivity contribution >= 4 is 87.3 Å². The van der Waals surface area contributed by atoms with E-state index in [4.69, 9.17) is 11.5 Å². The smallest absolute Gasteiger partial charge is 0.152 e. The molecule has 0 aliphatic rings. The Labute approximate surface area is 278 Å². The molecule has 15 nitrogen and oxygen atoms in total. The minimum absolute atomic E-state index is 0.160. The van der Waals surface area contributed by atoms with Crippen LogP contribution in [0.15, 0.2) is 127 Å². The summed E-state index contributed by atoms with van der Waals surface area (Å²) in [4.78, 5) is -1.61. The van der Waals surface area contributed by atoms with E-state index in [1.807, 2.05) is 0 Å². The molecule has 0 saturated heterocycles. The molecule has 0 bridgehead atoms. The summed E-state index contributed by atoms with van der Waals surface area (Å²) in [6.45, 7) is 0. The molecule has 0 atom stereocenters. The van der Waals surface area contributed by atoms with E-state index < -0.39 is 52.9 Å². The van der Waals surface area contributed by atoms with E-state index in [0.717, 1.165) is 12.1 Å². The molecule has 49 heavy (non-hydrogen) atoms. The van der Waals surface area contributed by atoms with E-state index in [-0.39, 0.29) is 32.9 Å². The fraction of sp³-hybridized carbons (Fsp3) is 0. The topological polar surface area (TPSA) is 268 Å². The molecule has 0 heterocycles. The average Bonchev–Trinajstić information content (AvgIpc) is 3.03. The van der Waals surface area contributed by atoms with Gasteiger partial charge in [-0.3, -0.25) is 0 Å². The molecule has 0 aliphatic carbocycles. The van der Waals surface area contributed by atoms with Crippen LogP contribution >= 0.6 is 0 Å². The van der Waals surface area contributed by atoms with Crippen LogP contribution in [0, 0.1) is 0 Å². The molecule has 0 saturated carbocycles. The molecule has 6 aromatic carbocycles. The van der Waals surface area contributed by atoms with Crippen LogP contribution in [0.4, 0.5) is 45.5 Å². The van der Waals surface area contributed by atoms with Crippen LogP contribution in [0.1, 0.15) is 0 Å². The van der Waals surface area contributed by atoms with Gasteiger partial charge in [0.15, 0.2) is 11.5 Å². The normalized spacial score (nSPS) is 12.4. The van der Waals surface area contributed by atoms with Crippen molar-refractivity contribution in [3.8, 4) is 11.5 Å². The maximum atomic E-state index is 12.2. The van der Waals surface area contributed by atoms with Crippen molar-refractivity contribution < 1.29 is 36.2 Å². The zero-order chi connectivity index (χ0) is 35.1. The molecule has 0 unspecified atom stereocenters. The molecule has 0 amide bonds. The number of nitrogens with one attached hydrogen (secondary N) is 1. The lowest BCUT2D eigenvalue weighted by molar-refractivity contribution is 0.457. The van der Waals surface area contributed by atoms with E-state index in [0.29, 0.717) is 22.7 Å². The van der Waals surface area contributed by atoms with Crippen molar-refractivity contribution in [3.05, 3.63) is 97.1 Å². The third-order valence-electron chi connectivity index (χ3n) is 7.20. The number of nitrogens with two attached hydrogens (primary N) is 2. The molecule has 6 aromatic rings. The first kappa shape index (κ1) is 32.8. The summed E-state index contributed by atoms with van der Waals surface area (Å²) in [7, 11) is -10.3. The van der Waals surface area contributed by atoms with Crippen molar-refractivity contribution in [2.75, 3.05) is 16.8 Å². The number of azo groups is 2. The summed E-state index contributed by atoms with van der Waals surface area (Å²) in [5.41, 5.74) is 12.4. The second kappa shape index (κ2) is 12.5. The Hall–Kier alpha value is -6.14. The first-order chi connectivity index (χ1) is 23.2. The summed E-state index contributed by atoms with van der Waals surface area (Å²) >= 11 is 0. The van der Waals surface area contributed by atoms with Crippen LogP contribution in [0.2, 0.25) is 0 Å². The number of hydrogen-bond acceptors (Lipinski definition) is 15. The van der Waals surface area contributed by atoms with Crippen LogP contribution in [-0.4, -0.2) is 36.2 Å². The number of rotatable bonds is 8. The zero-order valence-electron chi connectivity index (χ0n) is 24.8. The van der Waals surface area contributed by atoms with Gasteiger partial charge >= 0.3 is 0 Å². The fourth-order valence-corrected chi connectivity index (χ4v) is 6.28. The summed E-state index contributed by atoms with van der Waals surface area (Å²) in [6, 6.07) is 23.5.